The molecule has 0 heterocycles. The van der Waals surface area contributed by atoms with Gasteiger partial charge in [-0.05, 0) is 25.7 Å². The zero-order chi connectivity index (χ0) is 11.6. The molecular weight excluding hydrogens is 214 g/mol. The lowest BCUT2D eigenvalue weighted by molar-refractivity contribution is 0.147. The molecule has 0 aromatic heterocycles. The number of aliphatic hydroxyl groups excluding tert-OH is 1. The molecule has 0 amide bonds. The summed E-state index contributed by atoms with van der Waals surface area (Å²) in [6.45, 7) is 5.45. The van der Waals surface area contributed by atoms with Crippen LogP contribution in [-0.2, 0) is 10.0 Å². The summed E-state index contributed by atoms with van der Waals surface area (Å²) in [6.07, 6.45) is 1.87. The van der Waals surface area contributed by atoms with Crippen LogP contribution in [0.2, 0.25) is 0 Å². The highest BCUT2D eigenvalue weighted by molar-refractivity contribution is 7.89. The molecule has 1 saturated carbocycles. The lowest BCUT2D eigenvalue weighted by atomic mass is 10.1. The van der Waals surface area contributed by atoms with Crippen LogP contribution in [0, 0.1) is 5.92 Å². The predicted octanol–water partition coefficient (Wildman–Crippen LogP) is 0.817. The molecule has 0 aromatic rings. The number of hydrogen-bond acceptors (Lipinski definition) is 3. The van der Waals surface area contributed by atoms with Crippen molar-refractivity contribution in [3.8, 4) is 0 Å². The molecule has 0 spiro atoms. The molecule has 4 nitrogen and oxygen atoms in total. The molecule has 1 N–H and O–H groups in total. The van der Waals surface area contributed by atoms with Gasteiger partial charge >= 0.3 is 0 Å². The Kier molecular flexibility index (Phi) is 4.14. The largest absolute Gasteiger partial charge is 0.395 e. The van der Waals surface area contributed by atoms with Crippen LogP contribution in [0.15, 0.2) is 0 Å². The first-order valence-corrected chi connectivity index (χ1v) is 7.17. The smallest absolute Gasteiger partial charge is 0.214 e. The summed E-state index contributed by atoms with van der Waals surface area (Å²) < 4.78 is 25.3. The SMILES string of the molecule is CCS(=O)(=O)N(C1CC1)[C@@H](CO)C(C)C. The molecule has 15 heavy (non-hydrogen) atoms. The van der Waals surface area contributed by atoms with Crippen molar-refractivity contribution in [1.29, 1.82) is 0 Å². The first-order valence-electron chi connectivity index (χ1n) is 5.56. The van der Waals surface area contributed by atoms with E-state index < -0.39 is 10.0 Å². The van der Waals surface area contributed by atoms with Crippen LogP contribution in [0.5, 0.6) is 0 Å². The third-order valence-corrected chi connectivity index (χ3v) is 4.82. The highest BCUT2D eigenvalue weighted by Crippen LogP contribution is 2.33. The van der Waals surface area contributed by atoms with Gasteiger partial charge in [-0.3, -0.25) is 0 Å². The Labute approximate surface area is 92.3 Å². The summed E-state index contributed by atoms with van der Waals surface area (Å²) in [7, 11) is -3.18. The average molecular weight is 235 g/mol. The van der Waals surface area contributed by atoms with E-state index in [2.05, 4.69) is 0 Å². The summed E-state index contributed by atoms with van der Waals surface area (Å²) in [4.78, 5) is 0. The van der Waals surface area contributed by atoms with E-state index in [1.165, 1.54) is 4.31 Å². The minimum atomic E-state index is -3.18. The second kappa shape index (κ2) is 4.80. The van der Waals surface area contributed by atoms with Crippen LogP contribution in [0.4, 0.5) is 0 Å². The Morgan fingerprint density at radius 1 is 1.40 bits per heavy atom. The van der Waals surface area contributed by atoms with Crippen molar-refractivity contribution in [3.63, 3.8) is 0 Å². The van der Waals surface area contributed by atoms with Crippen molar-refractivity contribution >= 4 is 10.0 Å². The fourth-order valence-electron chi connectivity index (χ4n) is 1.77. The molecule has 0 radical (unpaired) electrons. The zero-order valence-corrected chi connectivity index (χ0v) is 10.5. The monoisotopic (exact) mass is 235 g/mol. The molecule has 0 bridgehead atoms. The van der Waals surface area contributed by atoms with Crippen LogP contribution in [0.3, 0.4) is 0 Å². The van der Waals surface area contributed by atoms with Gasteiger partial charge < -0.3 is 5.11 Å². The van der Waals surface area contributed by atoms with Crippen molar-refractivity contribution in [3.05, 3.63) is 0 Å². The van der Waals surface area contributed by atoms with Crippen LogP contribution in [0.25, 0.3) is 0 Å². The van der Waals surface area contributed by atoms with Crippen LogP contribution < -0.4 is 0 Å². The van der Waals surface area contributed by atoms with Crippen molar-refractivity contribution in [2.24, 2.45) is 5.92 Å². The van der Waals surface area contributed by atoms with Crippen molar-refractivity contribution in [2.75, 3.05) is 12.4 Å². The molecule has 1 aliphatic rings. The van der Waals surface area contributed by atoms with Gasteiger partial charge in [-0.25, -0.2) is 8.42 Å². The Morgan fingerprint density at radius 2 is 1.93 bits per heavy atom. The van der Waals surface area contributed by atoms with Gasteiger partial charge in [0.1, 0.15) is 0 Å². The lowest BCUT2D eigenvalue weighted by Gasteiger charge is -2.32. The highest BCUT2D eigenvalue weighted by atomic mass is 32.2. The third kappa shape index (κ3) is 2.92. The highest BCUT2D eigenvalue weighted by Gasteiger charge is 2.41. The summed E-state index contributed by atoms with van der Waals surface area (Å²) >= 11 is 0. The molecule has 1 rings (SSSR count). The maximum atomic E-state index is 11.9. The average Bonchev–Trinajstić information content (AvgIpc) is 2.96. The summed E-state index contributed by atoms with van der Waals surface area (Å²) in [5.74, 6) is 0.268. The number of rotatable bonds is 6. The van der Waals surface area contributed by atoms with E-state index in [0.29, 0.717) is 0 Å². The summed E-state index contributed by atoms with van der Waals surface area (Å²) in [5, 5.41) is 9.30. The zero-order valence-electron chi connectivity index (χ0n) is 9.68. The normalized spacial score (nSPS) is 19.9. The van der Waals surface area contributed by atoms with E-state index in [-0.39, 0.29) is 30.4 Å². The van der Waals surface area contributed by atoms with Gasteiger partial charge in [-0.15, -0.1) is 0 Å². The van der Waals surface area contributed by atoms with Gasteiger partial charge in [0.2, 0.25) is 10.0 Å². The van der Waals surface area contributed by atoms with E-state index >= 15 is 0 Å². The van der Waals surface area contributed by atoms with Crippen LogP contribution in [0.1, 0.15) is 33.6 Å². The number of nitrogens with zero attached hydrogens (tertiary/aromatic N) is 1. The summed E-state index contributed by atoms with van der Waals surface area (Å²) in [5.41, 5.74) is 0. The molecule has 1 aliphatic carbocycles. The molecule has 0 unspecified atom stereocenters. The molecule has 5 heteroatoms. The minimum Gasteiger partial charge on any atom is -0.395 e. The van der Waals surface area contributed by atoms with E-state index in [1.54, 1.807) is 6.92 Å². The molecule has 90 valence electrons. The van der Waals surface area contributed by atoms with Crippen LogP contribution >= 0.6 is 0 Å². The fourth-order valence-corrected chi connectivity index (χ4v) is 3.45. The van der Waals surface area contributed by atoms with Gasteiger partial charge in [0.15, 0.2) is 0 Å². The maximum Gasteiger partial charge on any atom is 0.214 e. The van der Waals surface area contributed by atoms with Gasteiger partial charge in [0.25, 0.3) is 0 Å². The van der Waals surface area contributed by atoms with Crippen molar-refractivity contribution < 1.29 is 13.5 Å². The molecule has 1 atom stereocenters. The van der Waals surface area contributed by atoms with Gasteiger partial charge in [0, 0.05) is 6.04 Å². The molecule has 1 fully saturated rings. The Balaban J connectivity index is 2.90. The first-order chi connectivity index (χ1) is 6.94. The topological polar surface area (TPSA) is 57.6 Å². The quantitative estimate of drug-likeness (QED) is 0.741. The van der Waals surface area contributed by atoms with Crippen LogP contribution in [-0.4, -0.2) is 42.3 Å². The Morgan fingerprint density at radius 3 is 2.20 bits per heavy atom. The van der Waals surface area contributed by atoms with E-state index in [1.807, 2.05) is 13.8 Å². The van der Waals surface area contributed by atoms with Crippen molar-refractivity contribution in [1.82, 2.24) is 4.31 Å². The molecule has 0 aliphatic heterocycles. The summed E-state index contributed by atoms with van der Waals surface area (Å²) in [6, 6.07) is -0.128. The molecule has 0 aromatic carbocycles. The third-order valence-electron chi connectivity index (χ3n) is 2.88. The van der Waals surface area contributed by atoms with Gasteiger partial charge in [0.05, 0.1) is 18.4 Å². The second-order valence-corrected chi connectivity index (χ2v) is 6.62. The van der Waals surface area contributed by atoms with Gasteiger partial charge in [-0.2, -0.15) is 4.31 Å². The Bertz CT molecular complexity index is 296. The molecular formula is C10H21NO3S. The second-order valence-electron chi connectivity index (χ2n) is 4.46. The van der Waals surface area contributed by atoms with Gasteiger partial charge in [-0.1, -0.05) is 13.8 Å². The van der Waals surface area contributed by atoms with E-state index in [0.717, 1.165) is 12.8 Å². The van der Waals surface area contributed by atoms with E-state index in [9.17, 15) is 13.5 Å². The standard InChI is InChI=1S/C10H21NO3S/c1-4-15(13,14)11(9-5-6-9)10(7-12)8(2)3/h8-10,12H,4-7H2,1-3H3/t10-/m0/s1. The number of aliphatic hydroxyl groups is 1. The minimum absolute atomic E-state index is 0.0899. The molecule has 0 saturated heterocycles. The van der Waals surface area contributed by atoms with Crippen molar-refractivity contribution in [2.45, 2.75) is 45.7 Å². The lowest BCUT2D eigenvalue weighted by Crippen LogP contribution is -2.47. The predicted molar refractivity (Wildman–Crippen MR) is 60.0 cm³/mol. The number of sulfonamides is 1. The Hall–Kier alpha value is -0.130. The maximum absolute atomic E-state index is 11.9. The first kappa shape index (κ1) is 12.9. The number of hydrogen-bond donors (Lipinski definition) is 1. The fraction of sp³-hybridized carbons (Fsp3) is 1.00. The van der Waals surface area contributed by atoms with E-state index in [4.69, 9.17) is 0 Å².